The van der Waals surface area contributed by atoms with Gasteiger partial charge in [0.2, 0.25) is 5.88 Å². The Bertz CT molecular complexity index is 411. The van der Waals surface area contributed by atoms with E-state index >= 15 is 0 Å². The van der Waals surface area contributed by atoms with Crippen molar-refractivity contribution in [3.8, 4) is 5.88 Å². The van der Waals surface area contributed by atoms with Gasteiger partial charge in [-0.1, -0.05) is 20.3 Å². The quantitative estimate of drug-likeness (QED) is 0.634. The summed E-state index contributed by atoms with van der Waals surface area (Å²) >= 11 is 0. The molecule has 0 saturated carbocycles. The highest BCUT2D eigenvalue weighted by Gasteiger charge is 2.11. The summed E-state index contributed by atoms with van der Waals surface area (Å²) in [5.74, 6) is 2.38. The number of anilines is 1. The summed E-state index contributed by atoms with van der Waals surface area (Å²) in [7, 11) is 0. The second-order valence-electron chi connectivity index (χ2n) is 5.01. The summed E-state index contributed by atoms with van der Waals surface area (Å²) in [6.45, 7) is 11.1. The molecule has 0 fully saturated rings. The van der Waals surface area contributed by atoms with Gasteiger partial charge >= 0.3 is 0 Å². The van der Waals surface area contributed by atoms with Crippen LogP contribution in [-0.2, 0) is 11.2 Å². The molecule has 1 aromatic heterocycles. The Balaban J connectivity index is 2.61. The molecule has 21 heavy (non-hydrogen) atoms. The Morgan fingerprint density at radius 1 is 1.00 bits per heavy atom. The van der Waals surface area contributed by atoms with Gasteiger partial charge in [-0.15, -0.1) is 0 Å². The van der Waals surface area contributed by atoms with E-state index in [4.69, 9.17) is 9.47 Å². The summed E-state index contributed by atoms with van der Waals surface area (Å²) in [6, 6.07) is 0. The molecule has 0 radical (unpaired) electrons. The van der Waals surface area contributed by atoms with Crippen molar-refractivity contribution in [2.75, 3.05) is 31.7 Å². The zero-order valence-corrected chi connectivity index (χ0v) is 13.9. The average molecular weight is 295 g/mol. The van der Waals surface area contributed by atoms with Gasteiger partial charge in [0.25, 0.3) is 0 Å². The fourth-order valence-corrected chi connectivity index (χ4v) is 1.90. The number of unbranched alkanes of at least 4 members (excludes halogenated alkanes) is 1. The average Bonchev–Trinajstić information content (AvgIpc) is 2.47. The molecule has 5 nitrogen and oxygen atoms in total. The van der Waals surface area contributed by atoms with Crippen LogP contribution in [0.2, 0.25) is 0 Å². The van der Waals surface area contributed by atoms with Gasteiger partial charge in [0.1, 0.15) is 18.2 Å². The fourth-order valence-electron chi connectivity index (χ4n) is 1.90. The number of nitrogens with one attached hydrogen (secondary N) is 1. The van der Waals surface area contributed by atoms with Crippen molar-refractivity contribution >= 4 is 5.82 Å². The van der Waals surface area contributed by atoms with Crippen LogP contribution in [-0.4, -0.2) is 36.3 Å². The molecule has 1 aromatic rings. The lowest BCUT2D eigenvalue weighted by atomic mass is 10.2. The lowest BCUT2D eigenvalue weighted by Gasteiger charge is -2.14. The normalized spacial score (nSPS) is 10.7. The number of aryl methyl sites for hydroxylation is 1. The first-order chi connectivity index (χ1) is 10.2. The number of aromatic nitrogens is 2. The molecule has 0 spiro atoms. The highest BCUT2D eigenvalue weighted by molar-refractivity contribution is 5.48. The van der Waals surface area contributed by atoms with Crippen LogP contribution in [0.15, 0.2) is 0 Å². The van der Waals surface area contributed by atoms with Crippen molar-refractivity contribution < 1.29 is 9.47 Å². The molecule has 0 saturated heterocycles. The number of ether oxygens (including phenoxy) is 2. The van der Waals surface area contributed by atoms with E-state index in [0.717, 1.165) is 56.0 Å². The third-order valence-corrected chi connectivity index (χ3v) is 3.07. The van der Waals surface area contributed by atoms with Gasteiger partial charge in [0.15, 0.2) is 0 Å². The third-order valence-electron chi connectivity index (χ3n) is 3.07. The predicted octanol–water partition coefficient (Wildman–Crippen LogP) is 3.36. The molecule has 0 aliphatic heterocycles. The van der Waals surface area contributed by atoms with Crippen molar-refractivity contribution in [2.45, 2.75) is 53.4 Å². The van der Waals surface area contributed by atoms with Crippen molar-refractivity contribution in [1.82, 2.24) is 9.97 Å². The molecule has 0 unspecified atom stereocenters. The largest absolute Gasteiger partial charge is 0.475 e. The number of rotatable bonds is 11. The van der Waals surface area contributed by atoms with E-state index in [9.17, 15) is 0 Å². The second-order valence-corrected chi connectivity index (χ2v) is 5.01. The van der Waals surface area contributed by atoms with E-state index in [1.54, 1.807) is 0 Å². The molecule has 0 atom stereocenters. The van der Waals surface area contributed by atoms with Crippen molar-refractivity contribution in [3.63, 3.8) is 0 Å². The molecule has 0 bridgehead atoms. The SMILES string of the molecule is CCCCOCCOc1nc(CCC)nc(NCC)c1C. The maximum Gasteiger partial charge on any atom is 0.221 e. The molecular weight excluding hydrogens is 266 g/mol. The van der Waals surface area contributed by atoms with Crippen LogP contribution in [0, 0.1) is 6.92 Å². The first kappa shape index (κ1) is 17.7. The summed E-state index contributed by atoms with van der Waals surface area (Å²) < 4.78 is 11.3. The van der Waals surface area contributed by atoms with Gasteiger partial charge in [-0.3, -0.25) is 0 Å². The minimum absolute atomic E-state index is 0.526. The molecule has 1 rings (SSSR count). The summed E-state index contributed by atoms with van der Waals surface area (Å²) in [6.07, 6.45) is 4.13. The number of hydrogen-bond acceptors (Lipinski definition) is 5. The maximum absolute atomic E-state index is 5.77. The lowest BCUT2D eigenvalue weighted by molar-refractivity contribution is 0.0961. The minimum Gasteiger partial charge on any atom is -0.475 e. The van der Waals surface area contributed by atoms with Gasteiger partial charge in [-0.25, -0.2) is 4.98 Å². The smallest absolute Gasteiger partial charge is 0.221 e. The monoisotopic (exact) mass is 295 g/mol. The minimum atomic E-state index is 0.526. The molecule has 0 aliphatic rings. The first-order valence-electron chi connectivity index (χ1n) is 8.04. The molecule has 1 heterocycles. The molecule has 0 aromatic carbocycles. The summed E-state index contributed by atoms with van der Waals surface area (Å²) in [5, 5.41) is 3.27. The van der Waals surface area contributed by atoms with Crippen molar-refractivity contribution in [1.29, 1.82) is 0 Å². The van der Waals surface area contributed by atoms with Gasteiger partial charge in [0, 0.05) is 19.6 Å². The van der Waals surface area contributed by atoms with E-state index in [1.165, 1.54) is 0 Å². The van der Waals surface area contributed by atoms with E-state index in [-0.39, 0.29) is 0 Å². The lowest BCUT2D eigenvalue weighted by Crippen LogP contribution is -2.12. The zero-order valence-electron chi connectivity index (χ0n) is 13.9. The zero-order chi connectivity index (χ0) is 15.5. The first-order valence-corrected chi connectivity index (χ1v) is 8.04. The summed E-state index contributed by atoms with van der Waals surface area (Å²) in [4.78, 5) is 9.06. The van der Waals surface area contributed by atoms with Gasteiger partial charge in [-0.05, 0) is 26.7 Å². The molecule has 5 heteroatoms. The fraction of sp³-hybridized carbons (Fsp3) is 0.750. The topological polar surface area (TPSA) is 56.3 Å². The third kappa shape index (κ3) is 6.29. The summed E-state index contributed by atoms with van der Waals surface area (Å²) in [5.41, 5.74) is 0.963. The van der Waals surface area contributed by atoms with Crippen LogP contribution in [0.1, 0.15) is 51.4 Å². The molecule has 120 valence electrons. The van der Waals surface area contributed by atoms with E-state index in [1.807, 2.05) is 6.92 Å². The van der Waals surface area contributed by atoms with Crippen LogP contribution in [0.4, 0.5) is 5.82 Å². The van der Waals surface area contributed by atoms with Crippen LogP contribution >= 0.6 is 0 Å². The molecule has 0 aliphatic carbocycles. The van der Waals surface area contributed by atoms with Crippen LogP contribution in [0.5, 0.6) is 5.88 Å². The van der Waals surface area contributed by atoms with E-state index < -0.39 is 0 Å². The Morgan fingerprint density at radius 2 is 1.81 bits per heavy atom. The highest BCUT2D eigenvalue weighted by Crippen LogP contribution is 2.22. The Labute approximate surface area is 128 Å². The van der Waals surface area contributed by atoms with E-state index in [2.05, 4.69) is 36.1 Å². The number of nitrogens with zero attached hydrogens (tertiary/aromatic N) is 2. The van der Waals surface area contributed by atoms with Crippen molar-refractivity contribution in [2.24, 2.45) is 0 Å². The Morgan fingerprint density at radius 3 is 2.48 bits per heavy atom. The van der Waals surface area contributed by atoms with Gasteiger partial charge < -0.3 is 14.8 Å². The Kier molecular flexibility index (Phi) is 8.74. The standard InChI is InChI=1S/C16H29N3O2/c1-5-8-10-20-11-12-21-16-13(4)15(17-7-3)18-14(19-16)9-6-2/h5-12H2,1-4H3,(H,17,18,19). The maximum atomic E-state index is 5.77. The molecule has 1 N–H and O–H groups in total. The van der Waals surface area contributed by atoms with Gasteiger partial charge in [-0.2, -0.15) is 4.98 Å². The second kappa shape index (κ2) is 10.4. The van der Waals surface area contributed by atoms with Crippen LogP contribution in [0.3, 0.4) is 0 Å². The predicted molar refractivity (Wildman–Crippen MR) is 86.1 cm³/mol. The Hall–Kier alpha value is -1.36. The molecule has 0 amide bonds. The van der Waals surface area contributed by atoms with E-state index in [0.29, 0.717) is 19.1 Å². The molecular formula is C16H29N3O2. The van der Waals surface area contributed by atoms with Crippen LogP contribution in [0.25, 0.3) is 0 Å². The van der Waals surface area contributed by atoms with Gasteiger partial charge in [0.05, 0.1) is 12.2 Å². The number of hydrogen-bond donors (Lipinski definition) is 1. The highest BCUT2D eigenvalue weighted by atomic mass is 16.5. The van der Waals surface area contributed by atoms with Crippen LogP contribution < -0.4 is 10.1 Å². The van der Waals surface area contributed by atoms with Crippen molar-refractivity contribution in [3.05, 3.63) is 11.4 Å².